The molecule has 0 radical (unpaired) electrons. The summed E-state index contributed by atoms with van der Waals surface area (Å²) in [4.78, 5) is 14.3. The van der Waals surface area contributed by atoms with E-state index in [1.165, 1.54) is 0 Å². The zero-order valence-corrected chi connectivity index (χ0v) is 13.2. The Morgan fingerprint density at radius 1 is 1.10 bits per heavy atom. The Morgan fingerprint density at radius 3 is 2.70 bits per heavy atom. The lowest BCUT2D eigenvalue weighted by molar-refractivity contribution is -0.108. The summed E-state index contributed by atoms with van der Waals surface area (Å²) in [5, 5.41) is 1.06. The van der Waals surface area contributed by atoms with Crippen LogP contribution in [0.15, 0.2) is 29.4 Å². The van der Waals surface area contributed by atoms with E-state index in [0.29, 0.717) is 26.2 Å². The maximum absolute atomic E-state index is 10.0. The van der Waals surface area contributed by atoms with E-state index >= 15 is 0 Å². The molecule has 0 spiro atoms. The molecule has 0 aromatic carbocycles. The number of nitrogens with zero attached hydrogens (tertiary/aromatic N) is 1. The van der Waals surface area contributed by atoms with E-state index in [4.69, 9.17) is 9.47 Å². The molecule has 0 saturated heterocycles. The second-order valence-corrected chi connectivity index (χ2v) is 6.40. The van der Waals surface area contributed by atoms with Crippen LogP contribution in [0.1, 0.15) is 19.3 Å². The van der Waals surface area contributed by atoms with Gasteiger partial charge in [0.2, 0.25) is 0 Å². The highest BCUT2D eigenvalue weighted by atomic mass is 33.1. The number of aldehydes is 1. The summed E-state index contributed by atoms with van der Waals surface area (Å²) in [6, 6.07) is 5.95. The average molecular weight is 315 g/mol. The van der Waals surface area contributed by atoms with Crippen molar-refractivity contribution in [3.63, 3.8) is 0 Å². The van der Waals surface area contributed by atoms with Crippen LogP contribution in [0.3, 0.4) is 0 Å². The first-order valence-electron chi connectivity index (χ1n) is 6.73. The van der Waals surface area contributed by atoms with Crippen molar-refractivity contribution in [1.82, 2.24) is 4.98 Å². The number of ether oxygens (including phenoxy) is 2. The van der Waals surface area contributed by atoms with Gasteiger partial charge in [0.05, 0.1) is 19.8 Å². The summed E-state index contributed by atoms with van der Waals surface area (Å²) < 4.78 is 10.6. The molecule has 0 unspecified atom stereocenters. The summed E-state index contributed by atoms with van der Waals surface area (Å²) >= 11 is 0. The number of hydrogen-bond acceptors (Lipinski definition) is 6. The van der Waals surface area contributed by atoms with Gasteiger partial charge in [-0.05, 0) is 35.8 Å². The third kappa shape index (κ3) is 10.3. The number of carbonyl (C=O) groups excluding carboxylic acids is 1. The second kappa shape index (κ2) is 13.4. The highest BCUT2D eigenvalue weighted by molar-refractivity contribution is 8.76. The fraction of sp³-hybridized carbons (Fsp3) is 0.571. The van der Waals surface area contributed by atoms with Gasteiger partial charge in [-0.3, -0.25) is 0 Å². The quantitative estimate of drug-likeness (QED) is 0.316. The lowest BCUT2D eigenvalue weighted by Crippen LogP contribution is -2.06. The first-order valence-corrected chi connectivity index (χ1v) is 9.05. The predicted molar refractivity (Wildman–Crippen MR) is 84.1 cm³/mol. The summed E-state index contributed by atoms with van der Waals surface area (Å²) in [6.07, 6.45) is 5.33. The molecular formula is C14H21NO3S2. The molecule has 0 atom stereocenters. The number of aromatic nitrogens is 1. The lowest BCUT2D eigenvalue weighted by atomic mass is 10.4. The van der Waals surface area contributed by atoms with Crippen LogP contribution in [0.2, 0.25) is 0 Å². The minimum absolute atomic E-state index is 0.463. The van der Waals surface area contributed by atoms with Gasteiger partial charge in [0, 0.05) is 25.0 Å². The van der Waals surface area contributed by atoms with E-state index in [2.05, 4.69) is 4.98 Å². The minimum atomic E-state index is 0.463. The molecule has 0 N–H and O–H groups in total. The molecule has 4 nitrogen and oxygen atoms in total. The van der Waals surface area contributed by atoms with E-state index in [0.717, 1.165) is 36.5 Å². The smallest absolute Gasteiger partial charge is 0.122 e. The molecule has 1 aromatic heterocycles. The van der Waals surface area contributed by atoms with Gasteiger partial charge in [-0.1, -0.05) is 16.9 Å². The van der Waals surface area contributed by atoms with E-state index in [1.807, 2.05) is 35.2 Å². The normalized spacial score (nSPS) is 10.6. The van der Waals surface area contributed by atoms with Crippen molar-refractivity contribution < 1.29 is 14.3 Å². The molecule has 0 aliphatic heterocycles. The number of carbonyl (C=O) groups is 1. The van der Waals surface area contributed by atoms with Crippen LogP contribution < -0.4 is 0 Å². The number of pyridine rings is 1. The molecule has 1 rings (SSSR count). The van der Waals surface area contributed by atoms with Gasteiger partial charge in [0.15, 0.2) is 0 Å². The molecule has 0 amide bonds. The Balaban J connectivity index is 1.78. The largest absolute Gasteiger partial charge is 0.379 e. The van der Waals surface area contributed by atoms with E-state index in [9.17, 15) is 4.79 Å². The van der Waals surface area contributed by atoms with Crippen molar-refractivity contribution in [2.45, 2.75) is 24.3 Å². The lowest BCUT2D eigenvalue weighted by Gasteiger charge is -2.04. The Hall–Kier alpha value is -0.560. The zero-order chi connectivity index (χ0) is 14.3. The first-order chi connectivity index (χ1) is 9.93. The van der Waals surface area contributed by atoms with Gasteiger partial charge < -0.3 is 14.3 Å². The minimum Gasteiger partial charge on any atom is -0.379 e. The topological polar surface area (TPSA) is 48.4 Å². The van der Waals surface area contributed by atoms with Crippen LogP contribution >= 0.6 is 21.6 Å². The second-order valence-electron chi connectivity index (χ2n) is 3.96. The van der Waals surface area contributed by atoms with E-state index in [1.54, 1.807) is 10.8 Å². The van der Waals surface area contributed by atoms with Crippen LogP contribution in [0.25, 0.3) is 0 Å². The molecule has 112 valence electrons. The fourth-order valence-electron chi connectivity index (χ4n) is 1.32. The number of rotatable bonds is 13. The Labute approximate surface area is 128 Å². The Morgan fingerprint density at radius 2 is 1.95 bits per heavy atom. The van der Waals surface area contributed by atoms with Gasteiger partial charge >= 0.3 is 0 Å². The average Bonchev–Trinajstić information content (AvgIpc) is 2.49. The standard InChI is InChI=1S/C14H21NO3S2/c16-8-5-10-18-12-11-17-9-3-4-13-19-20-14-6-1-2-7-15-14/h1-2,6-8H,3-5,9-13H2. The van der Waals surface area contributed by atoms with Gasteiger partial charge in [0.25, 0.3) is 0 Å². The highest BCUT2D eigenvalue weighted by Gasteiger charge is 1.96. The number of unbranched alkanes of at least 4 members (excludes halogenated alkanes) is 1. The third-order valence-electron chi connectivity index (χ3n) is 2.30. The Bertz CT molecular complexity index is 338. The molecule has 0 bridgehead atoms. The van der Waals surface area contributed by atoms with Crippen LogP contribution in [-0.4, -0.2) is 43.5 Å². The van der Waals surface area contributed by atoms with Crippen molar-refractivity contribution in [3.05, 3.63) is 24.4 Å². The third-order valence-corrected chi connectivity index (χ3v) is 4.65. The maximum Gasteiger partial charge on any atom is 0.122 e. The van der Waals surface area contributed by atoms with E-state index in [-0.39, 0.29) is 0 Å². The maximum atomic E-state index is 10.0. The Kier molecular flexibility index (Phi) is 11.7. The molecule has 0 saturated carbocycles. The van der Waals surface area contributed by atoms with Crippen molar-refractivity contribution in [3.8, 4) is 0 Å². The fourth-order valence-corrected chi connectivity index (χ4v) is 3.34. The van der Waals surface area contributed by atoms with Crippen molar-refractivity contribution >= 4 is 27.9 Å². The first kappa shape index (κ1) is 17.5. The SMILES string of the molecule is O=CCCOCCOCCCCSSc1ccccn1. The highest BCUT2D eigenvalue weighted by Crippen LogP contribution is 2.29. The van der Waals surface area contributed by atoms with Crippen molar-refractivity contribution in [2.75, 3.05) is 32.2 Å². The zero-order valence-electron chi connectivity index (χ0n) is 11.5. The van der Waals surface area contributed by atoms with Gasteiger partial charge in [-0.15, -0.1) is 0 Å². The van der Waals surface area contributed by atoms with Crippen LogP contribution in [0.4, 0.5) is 0 Å². The predicted octanol–water partition coefficient (Wildman–Crippen LogP) is 3.22. The molecule has 0 fully saturated rings. The van der Waals surface area contributed by atoms with E-state index < -0.39 is 0 Å². The number of hydrogen-bond donors (Lipinski definition) is 0. The summed E-state index contributed by atoms with van der Waals surface area (Å²) in [5.74, 6) is 1.10. The molecule has 0 aliphatic carbocycles. The summed E-state index contributed by atoms with van der Waals surface area (Å²) in [7, 11) is 3.54. The molecule has 0 aliphatic rings. The van der Waals surface area contributed by atoms with Gasteiger partial charge in [-0.2, -0.15) is 0 Å². The molecule has 1 heterocycles. The van der Waals surface area contributed by atoms with Crippen molar-refractivity contribution in [1.29, 1.82) is 0 Å². The summed E-state index contributed by atoms with van der Waals surface area (Å²) in [5.41, 5.74) is 0. The molecule has 6 heteroatoms. The molecular weight excluding hydrogens is 294 g/mol. The van der Waals surface area contributed by atoms with Crippen molar-refractivity contribution in [2.24, 2.45) is 0 Å². The van der Waals surface area contributed by atoms with Gasteiger partial charge in [-0.25, -0.2) is 4.98 Å². The van der Waals surface area contributed by atoms with Crippen LogP contribution in [0.5, 0.6) is 0 Å². The molecule has 1 aromatic rings. The van der Waals surface area contributed by atoms with Crippen LogP contribution in [-0.2, 0) is 14.3 Å². The monoisotopic (exact) mass is 315 g/mol. The summed E-state index contributed by atoms with van der Waals surface area (Å²) in [6.45, 7) is 2.44. The van der Waals surface area contributed by atoms with Crippen LogP contribution in [0, 0.1) is 0 Å². The molecule has 20 heavy (non-hydrogen) atoms. The van der Waals surface area contributed by atoms with Gasteiger partial charge in [0.1, 0.15) is 11.3 Å².